The number of amides is 5. The van der Waals surface area contributed by atoms with Gasteiger partial charge in [-0.2, -0.15) is 0 Å². The van der Waals surface area contributed by atoms with Crippen molar-refractivity contribution in [2.45, 2.75) is 78.1 Å². The molecule has 0 aliphatic carbocycles. The number of carbonyl (C=O) groups excluding carboxylic acids is 6. The van der Waals surface area contributed by atoms with Crippen molar-refractivity contribution in [2.75, 3.05) is 63.8 Å². The number of likely N-dealkylation sites (N-methyl/N-ethyl adjacent to an activating group) is 2. The van der Waals surface area contributed by atoms with Crippen LogP contribution in [0.15, 0.2) is 43.0 Å². The van der Waals surface area contributed by atoms with Crippen LogP contribution in [-0.4, -0.2) is 193 Å². The van der Waals surface area contributed by atoms with E-state index in [1.54, 1.807) is 20.1 Å². The van der Waals surface area contributed by atoms with E-state index in [2.05, 4.69) is 57.0 Å². The first-order chi connectivity index (χ1) is 32.1. The number of anilines is 2. The lowest BCUT2D eigenvalue weighted by molar-refractivity contribution is -0.153. The van der Waals surface area contributed by atoms with Gasteiger partial charge in [0.15, 0.2) is 16.0 Å². The van der Waals surface area contributed by atoms with E-state index in [-0.39, 0.29) is 35.4 Å². The van der Waals surface area contributed by atoms with Crippen LogP contribution in [0.25, 0.3) is 0 Å². The summed E-state index contributed by atoms with van der Waals surface area (Å²) in [7, 11) is 7.80. The third kappa shape index (κ3) is 11.0. The highest BCUT2D eigenvalue weighted by Crippen LogP contribution is 2.43. The number of nitrogens with zero attached hydrogens (tertiary/aromatic N) is 14. The molecule has 2 unspecified atom stereocenters. The molecular formula is C37H46N18O6S6. The Balaban J connectivity index is 0.890. The number of carbonyl (C=O) groups is 6. The molecule has 24 nitrogen and oxygen atoms in total. The highest BCUT2D eigenvalue weighted by Gasteiger charge is 2.56. The summed E-state index contributed by atoms with van der Waals surface area (Å²) in [5, 5.41) is 40.1. The fourth-order valence-electron chi connectivity index (χ4n) is 7.42. The van der Waals surface area contributed by atoms with E-state index in [1.807, 2.05) is 48.8 Å². The summed E-state index contributed by atoms with van der Waals surface area (Å²) in [6, 6.07) is -3.57. The molecule has 4 aliphatic rings. The fraction of sp³-hybridized carbons (Fsp3) is 0.514. The van der Waals surface area contributed by atoms with E-state index >= 15 is 0 Å². The maximum absolute atomic E-state index is 14.2. The predicted octanol–water partition coefficient (Wildman–Crippen LogP) is -0.520. The third-order valence-electron chi connectivity index (χ3n) is 10.7. The van der Waals surface area contributed by atoms with Gasteiger partial charge < -0.3 is 36.0 Å². The summed E-state index contributed by atoms with van der Waals surface area (Å²) in [4.78, 5) is 96.4. The maximum atomic E-state index is 14.2. The van der Waals surface area contributed by atoms with Gasteiger partial charge in [-0.3, -0.25) is 34.1 Å². The smallest absolute Gasteiger partial charge is 0.253 e. The Morgan fingerprint density at radius 1 is 0.731 bits per heavy atom. The van der Waals surface area contributed by atoms with Gasteiger partial charge in [0.2, 0.25) is 33.9 Å². The lowest BCUT2D eigenvalue weighted by Crippen LogP contribution is -2.74. The molecule has 0 saturated carbocycles. The molecule has 0 spiro atoms. The minimum Gasteiger partial charge on any atom is -0.375 e. The number of thiazole rings is 2. The summed E-state index contributed by atoms with van der Waals surface area (Å²) < 4.78 is 3.37. The number of rotatable bonds is 21. The van der Waals surface area contributed by atoms with Crippen LogP contribution in [0.3, 0.4) is 0 Å². The van der Waals surface area contributed by atoms with E-state index in [9.17, 15) is 28.8 Å². The van der Waals surface area contributed by atoms with Crippen LogP contribution in [-0.2, 0) is 54.7 Å². The van der Waals surface area contributed by atoms with Gasteiger partial charge in [0, 0.05) is 35.4 Å². The van der Waals surface area contributed by atoms with Gasteiger partial charge in [-0.25, -0.2) is 19.3 Å². The van der Waals surface area contributed by atoms with Crippen LogP contribution >= 0.6 is 69.7 Å². The van der Waals surface area contributed by atoms with Gasteiger partial charge in [0.25, 0.3) is 5.91 Å². The number of fused-ring (bicyclic) bond motifs is 2. The van der Waals surface area contributed by atoms with E-state index in [0.717, 1.165) is 23.5 Å². The Bertz CT molecular complexity index is 2590. The molecule has 4 aromatic rings. The zero-order chi connectivity index (χ0) is 47.5. The molecule has 8 rings (SSSR count). The highest BCUT2D eigenvalue weighted by atomic mass is 32.2. The van der Waals surface area contributed by atoms with Crippen molar-refractivity contribution in [2.24, 2.45) is 0 Å². The first-order valence-electron chi connectivity index (χ1n) is 20.6. The lowest BCUT2D eigenvalue weighted by Gasteiger charge is -2.52. The first kappa shape index (κ1) is 48.5. The molecule has 30 heteroatoms. The number of tetrazole rings is 2. The van der Waals surface area contributed by atoms with Crippen molar-refractivity contribution < 1.29 is 28.8 Å². The molecule has 0 bridgehead atoms. The predicted molar refractivity (Wildman–Crippen MR) is 254 cm³/mol. The molecule has 0 radical (unpaired) electrons. The Morgan fingerprint density at radius 2 is 1.22 bits per heavy atom. The highest BCUT2D eigenvalue weighted by molar-refractivity contribution is 8.03. The van der Waals surface area contributed by atoms with Crippen LogP contribution in [0.1, 0.15) is 18.3 Å². The minimum atomic E-state index is -1.06. The van der Waals surface area contributed by atoms with Crippen LogP contribution in [0, 0.1) is 0 Å². The number of ketones is 1. The molecule has 356 valence electrons. The molecule has 6 atom stereocenters. The van der Waals surface area contributed by atoms with Crippen LogP contribution < -0.4 is 21.7 Å². The average molecular weight is 1030 g/mol. The second kappa shape index (κ2) is 21.1. The normalized spacial score (nSPS) is 22.1. The van der Waals surface area contributed by atoms with E-state index in [0.29, 0.717) is 57.8 Å². The Kier molecular flexibility index (Phi) is 15.3. The summed E-state index contributed by atoms with van der Waals surface area (Å²) in [5.41, 5.74) is 7.92. The zero-order valence-electron chi connectivity index (χ0n) is 36.7. The monoisotopic (exact) mass is 1030 g/mol. The molecule has 0 aromatic carbocycles. The van der Waals surface area contributed by atoms with Crippen molar-refractivity contribution in [1.82, 2.24) is 80.6 Å². The third-order valence-corrected chi connectivity index (χ3v) is 16.7. The molecule has 4 aromatic heterocycles. The lowest BCUT2D eigenvalue weighted by atomic mass is 9.96. The number of hydrogen-bond donors (Lipinski definition) is 4. The second-order valence-corrected chi connectivity index (χ2v) is 21.8. The average Bonchev–Trinajstić information content (AvgIpc) is 4.13. The van der Waals surface area contributed by atoms with Gasteiger partial charge in [-0.1, -0.05) is 23.5 Å². The van der Waals surface area contributed by atoms with Crippen LogP contribution in [0.4, 0.5) is 10.3 Å². The van der Waals surface area contributed by atoms with Crippen molar-refractivity contribution in [3.63, 3.8) is 0 Å². The van der Waals surface area contributed by atoms with Crippen LogP contribution in [0.5, 0.6) is 0 Å². The number of thioether (sulfide) groups is 4. The molecule has 2 fully saturated rings. The van der Waals surface area contributed by atoms with Gasteiger partial charge in [-0.15, -0.1) is 56.4 Å². The largest absolute Gasteiger partial charge is 0.375 e. The van der Waals surface area contributed by atoms with Crippen LogP contribution in [0.2, 0.25) is 0 Å². The molecule has 67 heavy (non-hydrogen) atoms. The van der Waals surface area contributed by atoms with E-state index < -0.39 is 58.5 Å². The Labute approximate surface area is 408 Å². The van der Waals surface area contributed by atoms with Gasteiger partial charge >= 0.3 is 0 Å². The SMILES string of the molecule is CC(=O)C1C(CSc2nnnn2CCN(C)C)=CS[C@@H]2[C@H](NC(=O)Cc3csc(NC(=O)C4C(CSc5nnnn5CCN(C)C)=CS[C@@H]5[C@H](NC(=O)Cc6csc(N)n6)C(=O)N45)n3)C(=O)N12. The number of Topliss-reactive ketones (excluding diaryl/α,β-unsaturated/α-hetero) is 1. The standard InChI is InChI=1S/C37H46N18O6S6/c1-18(56)27-19(14-66-36-44-46-48-52(36)8-6-50(2)3)12-62-32-25(30(60)54(27)32)42-24(58)11-22-17-65-35(40-22)43-29(59)28-20(15-67-37-45-47-49-53(37)9-7-51(4)5)13-63-33-26(31(61)55(28)33)41-23(57)10-21-16-64-34(38)39-21/h12-13,16-17,25-28,32-33H,6-11,14-15H2,1-5H3,(H2,38,39)(H,41,57)(H,42,58)(H,40,43,59)/t25-,26-,27?,28?,32-,33-/m1/s1. The van der Waals surface area contributed by atoms with Crippen molar-refractivity contribution >= 4 is 115 Å². The fourth-order valence-corrected chi connectivity index (χ4v) is 13.2. The quantitative estimate of drug-likeness (QED) is 0.0603. The number of nitrogen functional groups attached to an aromatic ring is 1. The van der Waals surface area contributed by atoms with E-state index in [4.69, 9.17) is 5.73 Å². The van der Waals surface area contributed by atoms with Crippen molar-refractivity contribution in [3.05, 3.63) is 44.1 Å². The van der Waals surface area contributed by atoms with Gasteiger partial charge in [0.05, 0.1) is 37.3 Å². The minimum absolute atomic E-state index is 0.0560. The number of nitrogens with one attached hydrogen (secondary N) is 3. The zero-order valence-corrected chi connectivity index (χ0v) is 41.6. The number of hydrogen-bond acceptors (Lipinski definition) is 23. The van der Waals surface area contributed by atoms with Crippen molar-refractivity contribution in [3.8, 4) is 0 Å². The maximum Gasteiger partial charge on any atom is 0.253 e. The summed E-state index contributed by atoms with van der Waals surface area (Å²) in [5.74, 6) is -1.73. The molecule has 5 N–H and O–H groups in total. The topological polar surface area (TPSA) is 290 Å². The molecule has 8 heterocycles. The number of β-lactam (4-membered cyclic amide) rings is 2. The molecular weight excluding hydrogens is 985 g/mol. The number of aromatic nitrogens is 10. The van der Waals surface area contributed by atoms with Crippen molar-refractivity contribution in [1.29, 1.82) is 0 Å². The second-order valence-electron chi connectivity index (χ2n) is 16.2. The van der Waals surface area contributed by atoms with E-state index in [1.165, 1.54) is 75.1 Å². The first-order valence-corrected chi connectivity index (χ1v) is 26.2. The number of nitrogens with two attached hydrogens (primary N) is 1. The van der Waals surface area contributed by atoms with Gasteiger partial charge in [-0.05, 0) is 77.9 Å². The van der Waals surface area contributed by atoms with Gasteiger partial charge in [0.1, 0.15) is 34.9 Å². The summed E-state index contributed by atoms with van der Waals surface area (Å²) in [6.45, 7) is 4.02. The summed E-state index contributed by atoms with van der Waals surface area (Å²) >= 11 is 7.71. The molecule has 2 saturated heterocycles. The Hall–Kier alpha value is -4.98. The Morgan fingerprint density at radius 3 is 1.72 bits per heavy atom. The molecule has 4 aliphatic heterocycles. The molecule has 5 amide bonds. The summed E-state index contributed by atoms with van der Waals surface area (Å²) in [6.07, 6.45) is -0.241.